The first-order valence-corrected chi connectivity index (χ1v) is 9.38. The van der Waals surface area contributed by atoms with Crippen molar-refractivity contribution in [1.29, 1.82) is 5.26 Å². The van der Waals surface area contributed by atoms with Crippen molar-refractivity contribution in [3.63, 3.8) is 0 Å². The SMILES string of the molecule is CC(C)[C@@]1(C#N)CCc2c(c3ccccc3n2S(C)(=O)=O)C1=O. The van der Waals surface area contributed by atoms with E-state index in [9.17, 15) is 18.5 Å². The van der Waals surface area contributed by atoms with E-state index in [0.29, 0.717) is 35.0 Å². The smallest absolute Gasteiger partial charge is 0.236 e. The van der Waals surface area contributed by atoms with Crippen molar-refractivity contribution in [3.05, 3.63) is 35.5 Å². The van der Waals surface area contributed by atoms with Crippen LogP contribution >= 0.6 is 0 Å². The van der Waals surface area contributed by atoms with Gasteiger partial charge in [0, 0.05) is 16.6 Å². The fourth-order valence-corrected chi connectivity index (χ4v) is 4.66. The summed E-state index contributed by atoms with van der Waals surface area (Å²) >= 11 is 0. The second kappa shape index (κ2) is 4.93. The second-order valence-corrected chi connectivity index (χ2v) is 8.26. The van der Waals surface area contributed by atoms with Crippen LogP contribution in [0.2, 0.25) is 0 Å². The van der Waals surface area contributed by atoms with Gasteiger partial charge in [0.15, 0.2) is 5.78 Å². The molecule has 1 aromatic carbocycles. The Hall–Kier alpha value is -2.13. The summed E-state index contributed by atoms with van der Waals surface area (Å²) < 4.78 is 25.7. The highest BCUT2D eigenvalue weighted by Gasteiger charge is 2.48. The number of ketones is 1. The predicted molar refractivity (Wildman–Crippen MR) is 87.7 cm³/mol. The third kappa shape index (κ3) is 2.03. The van der Waals surface area contributed by atoms with Crippen molar-refractivity contribution >= 4 is 26.7 Å². The Balaban J connectivity index is 2.43. The molecule has 0 unspecified atom stereocenters. The number of fused-ring (bicyclic) bond motifs is 3. The quantitative estimate of drug-likeness (QED) is 0.848. The largest absolute Gasteiger partial charge is 0.292 e. The molecule has 120 valence electrons. The van der Waals surface area contributed by atoms with Crippen LogP contribution in [0.15, 0.2) is 24.3 Å². The topological polar surface area (TPSA) is 79.9 Å². The van der Waals surface area contributed by atoms with Gasteiger partial charge >= 0.3 is 0 Å². The molecular weight excluding hydrogens is 312 g/mol. The minimum atomic E-state index is -3.53. The Morgan fingerprint density at radius 1 is 1.30 bits per heavy atom. The fraction of sp³-hybridized carbons (Fsp3) is 0.412. The molecule has 1 heterocycles. The lowest BCUT2D eigenvalue weighted by molar-refractivity contribution is 0.0771. The molecule has 5 nitrogen and oxygen atoms in total. The Bertz CT molecular complexity index is 964. The van der Waals surface area contributed by atoms with Crippen molar-refractivity contribution in [3.8, 4) is 6.07 Å². The van der Waals surface area contributed by atoms with Crippen LogP contribution in [-0.4, -0.2) is 24.4 Å². The number of benzene rings is 1. The minimum Gasteiger partial charge on any atom is -0.292 e. The molecular formula is C17H18N2O3S. The molecule has 0 saturated carbocycles. The van der Waals surface area contributed by atoms with Crippen molar-refractivity contribution in [1.82, 2.24) is 3.97 Å². The summed E-state index contributed by atoms with van der Waals surface area (Å²) in [7, 11) is -3.53. The third-order valence-corrected chi connectivity index (χ3v) is 5.91. The molecule has 1 aliphatic carbocycles. The van der Waals surface area contributed by atoms with E-state index >= 15 is 0 Å². The highest BCUT2D eigenvalue weighted by atomic mass is 32.2. The Morgan fingerprint density at radius 3 is 2.52 bits per heavy atom. The van der Waals surface area contributed by atoms with E-state index in [1.165, 1.54) is 3.97 Å². The van der Waals surface area contributed by atoms with E-state index < -0.39 is 15.4 Å². The highest BCUT2D eigenvalue weighted by Crippen LogP contribution is 2.44. The first kappa shape index (κ1) is 15.8. The molecule has 1 aromatic heterocycles. The number of rotatable bonds is 2. The number of para-hydroxylation sites is 1. The first-order valence-electron chi connectivity index (χ1n) is 7.53. The lowest BCUT2D eigenvalue weighted by Gasteiger charge is -2.33. The van der Waals surface area contributed by atoms with Crippen molar-refractivity contribution in [2.45, 2.75) is 26.7 Å². The summed E-state index contributed by atoms with van der Waals surface area (Å²) in [6.07, 6.45) is 1.88. The lowest BCUT2D eigenvalue weighted by Crippen LogP contribution is -2.39. The number of aromatic nitrogens is 1. The van der Waals surface area contributed by atoms with Crippen LogP contribution in [0, 0.1) is 22.7 Å². The molecule has 0 amide bonds. The fourth-order valence-electron chi connectivity index (χ4n) is 3.56. The summed E-state index contributed by atoms with van der Waals surface area (Å²) in [5.41, 5.74) is 0.322. The van der Waals surface area contributed by atoms with Crippen LogP contribution in [0.25, 0.3) is 10.9 Å². The third-order valence-electron chi connectivity index (χ3n) is 4.83. The Kier molecular flexibility index (Phi) is 3.38. The average Bonchev–Trinajstić information content (AvgIpc) is 2.82. The lowest BCUT2D eigenvalue weighted by atomic mass is 9.66. The number of nitriles is 1. The van der Waals surface area contributed by atoms with Gasteiger partial charge in [-0.1, -0.05) is 32.0 Å². The molecule has 0 aliphatic heterocycles. The maximum absolute atomic E-state index is 13.1. The van der Waals surface area contributed by atoms with Gasteiger partial charge in [0.2, 0.25) is 10.0 Å². The van der Waals surface area contributed by atoms with Crippen LogP contribution in [0.1, 0.15) is 36.3 Å². The number of carbonyl (C=O) groups is 1. The monoisotopic (exact) mass is 330 g/mol. The molecule has 0 fully saturated rings. The number of nitrogens with zero attached hydrogens (tertiary/aromatic N) is 2. The number of hydrogen-bond donors (Lipinski definition) is 0. The molecule has 0 spiro atoms. The summed E-state index contributed by atoms with van der Waals surface area (Å²) in [6.45, 7) is 3.73. The maximum atomic E-state index is 13.1. The van der Waals surface area contributed by atoms with Crippen LogP contribution in [0.4, 0.5) is 0 Å². The molecule has 6 heteroatoms. The van der Waals surface area contributed by atoms with E-state index in [1.54, 1.807) is 24.3 Å². The summed E-state index contributed by atoms with van der Waals surface area (Å²) in [4.78, 5) is 13.1. The van der Waals surface area contributed by atoms with Gasteiger partial charge in [-0.15, -0.1) is 0 Å². The minimum absolute atomic E-state index is 0.131. The van der Waals surface area contributed by atoms with Gasteiger partial charge in [0.1, 0.15) is 5.41 Å². The van der Waals surface area contributed by atoms with Crippen LogP contribution in [0.5, 0.6) is 0 Å². The van der Waals surface area contributed by atoms with Gasteiger partial charge < -0.3 is 0 Å². The number of carbonyl (C=O) groups excluding carboxylic acids is 1. The van der Waals surface area contributed by atoms with E-state index in [0.717, 1.165) is 6.26 Å². The van der Waals surface area contributed by atoms with Gasteiger partial charge in [0.25, 0.3) is 0 Å². The molecule has 0 radical (unpaired) electrons. The van der Waals surface area contributed by atoms with E-state index in [4.69, 9.17) is 0 Å². The van der Waals surface area contributed by atoms with Crippen LogP contribution < -0.4 is 0 Å². The molecule has 2 aromatic rings. The molecule has 23 heavy (non-hydrogen) atoms. The van der Waals surface area contributed by atoms with E-state index in [2.05, 4.69) is 6.07 Å². The van der Waals surface area contributed by atoms with Gasteiger partial charge in [-0.25, -0.2) is 12.4 Å². The van der Waals surface area contributed by atoms with Gasteiger partial charge in [-0.05, 0) is 24.8 Å². The molecule has 0 saturated heterocycles. The van der Waals surface area contributed by atoms with E-state index in [1.807, 2.05) is 13.8 Å². The van der Waals surface area contributed by atoms with E-state index in [-0.39, 0.29) is 11.7 Å². The second-order valence-electron chi connectivity index (χ2n) is 6.43. The summed E-state index contributed by atoms with van der Waals surface area (Å²) in [5, 5.41) is 10.3. The summed E-state index contributed by atoms with van der Waals surface area (Å²) in [6, 6.07) is 9.19. The van der Waals surface area contributed by atoms with Gasteiger partial charge in [-0.2, -0.15) is 5.26 Å². The van der Waals surface area contributed by atoms with Crippen molar-refractivity contribution < 1.29 is 13.2 Å². The first-order chi connectivity index (χ1) is 10.7. The van der Waals surface area contributed by atoms with Crippen molar-refractivity contribution in [2.75, 3.05) is 6.26 Å². The zero-order valence-electron chi connectivity index (χ0n) is 13.3. The standard InChI is InChI=1S/C17H18N2O3S/c1-11(2)17(10-18)9-8-14-15(16(17)20)12-6-4-5-7-13(12)19(14)23(3,21)22/h4-7,11H,8-9H2,1-3H3/t17-/m0/s1. The maximum Gasteiger partial charge on any atom is 0.236 e. The normalized spacial score (nSPS) is 21.4. The Labute approximate surface area is 135 Å². The predicted octanol–water partition coefficient (Wildman–Crippen LogP) is 2.74. The molecule has 1 atom stereocenters. The Morgan fingerprint density at radius 2 is 1.96 bits per heavy atom. The number of Topliss-reactive ketones (excluding diaryl/α,β-unsaturated/α-hetero) is 1. The van der Waals surface area contributed by atoms with Crippen LogP contribution in [-0.2, 0) is 16.4 Å². The zero-order valence-corrected chi connectivity index (χ0v) is 14.1. The molecule has 3 rings (SSSR count). The van der Waals surface area contributed by atoms with Crippen LogP contribution in [0.3, 0.4) is 0 Å². The van der Waals surface area contributed by atoms with Gasteiger partial charge in [0.05, 0.1) is 17.8 Å². The van der Waals surface area contributed by atoms with Gasteiger partial charge in [-0.3, -0.25) is 4.79 Å². The number of hydrogen-bond acceptors (Lipinski definition) is 4. The molecule has 1 aliphatic rings. The summed E-state index contributed by atoms with van der Waals surface area (Å²) in [5.74, 6) is -0.386. The van der Waals surface area contributed by atoms with Crippen molar-refractivity contribution in [2.24, 2.45) is 11.3 Å². The highest BCUT2D eigenvalue weighted by molar-refractivity contribution is 7.89. The molecule has 0 N–H and O–H groups in total. The molecule has 0 bridgehead atoms. The zero-order chi connectivity index (χ0) is 17.0. The average molecular weight is 330 g/mol.